The fraction of sp³-hybridized carbons (Fsp3) is 0.0213. The molecular formula is C47H18BF20NO. The van der Waals surface area contributed by atoms with Crippen LogP contribution in [-0.2, 0) is 6.54 Å². The molecule has 2 nitrogen and oxygen atoms in total. The van der Waals surface area contributed by atoms with Gasteiger partial charge in [0.15, 0.2) is 94.5 Å². The maximum Gasteiger partial charge on any atom is 0.200 e. The fourth-order valence-corrected chi connectivity index (χ4v) is 7.88. The lowest BCUT2D eigenvalue weighted by molar-refractivity contribution is -0.688. The third-order valence-electron chi connectivity index (χ3n) is 11.1. The number of carbonyl (C=O) groups excluding carboxylic acids is 1. The topological polar surface area (TPSA) is 20.9 Å². The maximum absolute atomic E-state index is 15.4. The first kappa shape index (κ1) is 50.2. The molecule has 0 aliphatic rings. The van der Waals surface area contributed by atoms with E-state index in [-0.39, 0.29) is 5.78 Å². The van der Waals surface area contributed by atoms with E-state index < -0.39 is 144 Å². The zero-order valence-corrected chi connectivity index (χ0v) is 33.9. The molecule has 0 saturated carbocycles. The van der Waals surface area contributed by atoms with Crippen molar-refractivity contribution in [2.24, 2.45) is 0 Å². The van der Waals surface area contributed by atoms with Crippen molar-refractivity contribution in [3.05, 3.63) is 230 Å². The molecule has 0 aliphatic heterocycles. The zero-order chi connectivity index (χ0) is 51.4. The van der Waals surface area contributed by atoms with Gasteiger partial charge in [0, 0.05) is 28.8 Å². The molecule has 0 N–H and O–H groups in total. The van der Waals surface area contributed by atoms with Crippen LogP contribution < -0.4 is 26.4 Å². The lowest BCUT2D eigenvalue weighted by Gasteiger charge is -2.44. The summed E-state index contributed by atoms with van der Waals surface area (Å²) < 4.78 is 296. The molecule has 0 unspecified atom stereocenters. The molecule has 7 aromatic carbocycles. The van der Waals surface area contributed by atoms with Crippen LogP contribution in [0.2, 0.25) is 0 Å². The van der Waals surface area contributed by atoms with Crippen molar-refractivity contribution in [3.63, 3.8) is 0 Å². The van der Waals surface area contributed by atoms with Crippen LogP contribution in [-0.4, -0.2) is 11.9 Å². The highest BCUT2D eigenvalue weighted by Crippen LogP contribution is 2.31. The molecule has 0 bridgehead atoms. The summed E-state index contributed by atoms with van der Waals surface area (Å²) in [5.74, 6) is -71.4. The highest BCUT2D eigenvalue weighted by molar-refractivity contribution is 7.20. The summed E-state index contributed by atoms with van der Waals surface area (Å²) in [5, 5.41) is 2.23. The fourth-order valence-electron chi connectivity index (χ4n) is 7.88. The summed E-state index contributed by atoms with van der Waals surface area (Å²) in [4.78, 5) is 12.8. The van der Waals surface area contributed by atoms with Gasteiger partial charge in [-0.2, -0.15) is 0 Å². The van der Waals surface area contributed by atoms with Crippen molar-refractivity contribution in [2.45, 2.75) is 6.54 Å². The molecule has 0 aliphatic carbocycles. The highest BCUT2D eigenvalue weighted by Gasteiger charge is 2.52. The minimum absolute atomic E-state index is 0.0533. The van der Waals surface area contributed by atoms with Crippen LogP contribution in [0.15, 0.2) is 97.3 Å². The van der Waals surface area contributed by atoms with Gasteiger partial charge >= 0.3 is 0 Å². The van der Waals surface area contributed by atoms with Gasteiger partial charge in [0.05, 0.1) is 0 Å². The second-order valence-corrected chi connectivity index (χ2v) is 14.9. The molecule has 23 heteroatoms. The predicted molar refractivity (Wildman–Crippen MR) is 209 cm³/mol. The minimum Gasteiger partial charge on any atom is -0.289 e. The van der Waals surface area contributed by atoms with Crippen molar-refractivity contribution in [1.29, 1.82) is 0 Å². The Morgan fingerprint density at radius 1 is 0.329 bits per heavy atom. The second-order valence-electron chi connectivity index (χ2n) is 14.9. The minimum atomic E-state index is -7.22. The van der Waals surface area contributed by atoms with Gasteiger partial charge in [-0.1, -0.05) is 66.7 Å². The Hall–Kier alpha value is -7.72. The molecule has 0 radical (unpaired) electrons. The van der Waals surface area contributed by atoms with Crippen LogP contribution in [0.25, 0.3) is 10.8 Å². The van der Waals surface area contributed by atoms with Crippen LogP contribution >= 0.6 is 0 Å². The Balaban J connectivity index is 0.000000242. The van der Waals surface area contributed by atoms with Gasteiger partial charge < -0.3 is 0 Å². The molecule has 8 rings (SSSR count). The number of rotatable bonds is 8. The van der Waals surface area contributed by atoms with E-state index in [0.717, 1.165) is 22.9 Å². The van der Waals surface area contributed by atoms with E-state index >= 15 is 35.1 Å². The smallest absolute Gasteiger partial charge is 0.200 e. The summed E-state index contributed by atoms with van der Waals surface area (Å²) in [5.41, 5.74) is -11.7. The third-order valence-corrected chi connectivity index (χ3v) is 11.1. The summed E-state index contributed by atoms with van der Waals surface area (Å²) in [6, 6.07) is 28.0. The van der Waals surface area contributed by atoms with E-state index in [9.17, 15) is 57.5 Å². The first-order valence-corrected chi connectivity index (χ1v) is 19.3. The van der Waals surface area contributed by atoms with Crippen molar-refractivity contribution in [2.75, 3.05) is 0 Å². The number of ketones is 1. The van der Waals surface area contributed by atoms with Gasteiger partial charge in [0.1, 0.15) is 52.7 Å². The van der Waals surface area contributed by atoms with Crippen LogP contribution in [0.5, 0.6) is 0 Å². The van der Waals surface area contributed by atoms with E-state index in [1.807, 2.05) is 79.1 Å². The summed E-state index contributed by atoms with van der Waals surface area (Å²) in [6.07, 6.45) is -3.30. The van der Waals surface area contributed by atoms with Crippen molar-refractivity contribution in [3.8, 4) is 0 Å². The Morgan fingerprint density at radius 3 is 0.971 bits per heavy atom. The molecule has 1 heterocycles. The van der Waals surface area contributed by atoms with Crippen molar-refractivity contribution < 1.29 is 97.2 Å². The van der Waals surface area contributed by atoms with Crippen LogP contribution in [0, 0.1) is 116 Å². The molecule has 0 fully saturated rings. The average molecular weight is 1000 g/mol. The third kappa shape index (κ3) is 8.05. The van der Waals surface area contributed by atoms with Crippen LogP contribution in [0.1, 0.15) is 21.5 Å². The van der Waals surface area contributed by atoms with Crippen molar-refractivity contribution >= 4 is 44.6 Å². The number of hydrogen-bond acceptors (Lipinski definition) is 1. The number of nitrogens with zero attached hydrogens (tertiary/aromatic N) is 1. The van der Waals surface area contributed by atoms with Gasteiger partial charge in [-0.05, 0) is 16.8 Å². The van der Waals surface area contributed by atoms with Crippen molar-refractivity contribution in [1.82, 2.24) is 0 Å². The van der Waals surface area contributed by atoms with E-state index in [2.05, 4.69) is 22.8 Å². The molecule has 0 atom stereocenters. The average Bonchev–Trinajstić information content (AvgIpc) is 3.36. The van der Waals surface area contributed by atoms with Crippen LogP contribution in [0.4, 0.5) is 87.8 Å². The van der Waals surface area contributed by atoms with Gasteiger partial charge in [-0.3, -0.25) is 4.79 Å². The largest absolute Gasteiger partial charge is 0.289 e. The first-order valence-electron chi connectivity index (χ1n) is 19.3. The molecule has 360 valence electrons. The summed E-state index contributed by atoms with van der Waals surface area (Å²) in [7, 11) is 0. The molecule has 8 aromatic rings. The summed E-state index contributed by atoms with van der Waals surface area (Å²) in [6.45, 7) is 0.797. The molecule has 0 spiro atoms. The maximum atomic E-state index is 15.4. The number of fused-ring (bicyclic) bond motifs is 1. The molecule has 0 saturated heterocycles. The number of carbonyl (C=O) groups is 1. The Labute approximate surface area is 378 Å². The van der Waals surface area contributed by atoms with Gasteiger partial charge in [-0.25, -0.2) is 92.4 Å². The summed E-state index contributed by atoms with van der Waals surface area (Å²) >= 11 is 0. The van der Waals surface area contributed by atoms with E-state index in [1.165, 1.54) is 5.56 Å². The monoisotopic (exact) mass is 1000 g/mol. The zero-order valence-electron chi connectivity index (χ0n) is 33.9. The van der Waals surface area contributed by atoms with Gasteiger partial charge in [0.2, 0.25) is 0 Å². The Bertz CT molecular complexity index is 3040. The number of aromatic nitrogens is 1. The number of benzene rings is 7. The number of pyridine rings is 1. The lowest BCUT2D eigenvalue weighted by atomic mass is 9.12. The molecule has 70 heavy (non-hydrogen) atoms. The molecule has 0 amide bonds. The van der Waals surface area contributed by atoms with Crippen LogP contribution in [0.3, 0.4) is 0 Å². The van der Waals surface area contributed by atoms with E-state index in [4.69, 9.17) is 0 Å². The SMILES string of the molecule is Fc1c(F)c(F)c([B-](c2c(F)c(F)c(F)c(F)c2F)(c2c(F)c(F)c(F)c(F)c2F)c2c(F)c(F)c(F)c(F)c2F)c(F)c1F.O=C(c1cc[n+](Cc2ccccc2)cc1)c1ccc2ccccc2c1. The van der Waals surface area contributed by atoms with Gasteiger partial charge in [-0.15, -0.1) is 21.9 Å². The number of halogens is 20. The number of hydrogen-bond donors (Lipinski definition) is 0. The second kappa shape index (κ2) is 19.0. The Kier molecular flexibility index (Phi) is 13.6. The molecular weight excluding hydrogens is 985 g/mol. The van der Waals surface area contributed by atoms with E-state index in [1.54, 1.807) is 0 Å². The normalized spacial score (nSPS) is 11.5. The van der Waals surface area contributed by atoms with E-state index in [0.29, 0.717) is 5.56 Å². The standard InChI is InChI=1S/C24BF20.C23H18NO/c26-5-1(6(27)14(35)21(42)13(5)34)25(2-7(28)15(36)22(43)16(37)8(2)29,3-9(30)17(38)23(44)18(39)10(3)31)4-11(32)19(40)24(45)20(41)12(4)33;25-23(22-11-10-19-8-4-5-9-21(19)16-22)20-12-14-24(15-13-20)17-18-6-2-1-3-7-18/h;1-16H,17H2/q-1;+1. The first-order chi connectivity index (χ1) is 33.0. The Morgan fingerprint density at radius 2 is 0.629 bits per heavy atom. The quantitative estimate of drug-likeness (QED) is 0.0371. The molecule has 1 aromatic heterocycles. The van der Waals surface area contributed by atoms with Gasteiger partial charge in [0.25, 0.3) is 0 Å². The predicted octanol–water partition coefficient (Wildman–Crippen LogP) is 10.3. The highest BCUT2D eigenvalue weighted by atomic mass is 19.2. The lowest BCUT2D eigenvalue weighted by Crippen LogP contribution is -2.81.